The lowest BCUT2D eigenvalue weighted by atomic mass is 9.97. The third kappa shape index (κ3) is 6.28. The Morgan fingerprint density at radius 3 is 2.42 bits per heavy atom. The first-order valence-corrected chi connectivity index (χ1v) is 14.1. The minimum Gasteiger partial charge on any atom is -0.756 e. The number of H-pyrrole nitrogens is 1. The van der Waals surface area contributed by atoms with Gasteiger partial charge in [0.15, 0.2) is 23.7 Å². The van der Waals surface area contributed by atoms with Gasteiger partial charge in [0.25, 0.3) is 21.2 Å². The molecule has 0 aliphatic carbocycles. The fourth-order valence-electron chi connectivity index (χ4n) is 3.97. The fourth-order valence-corrected chi connectivity index (χ4v) is 6.05. The highest BCUT2D eigenvalue weighted by atomic mass is 31.3. The Hall–Kier alpha value is -2.31. The number of phosphoric ester groups is 2. The molecule has 22 heteroatoms. The van der Waals surface area contributed by atoms with E-state index in [0.29, 0.717) is 0 Å². The largest absolute Gasteiger partial charge is 0.756 e. The van der Waals surface area contributed by atoms with Crippen molar-refractivity contribution in [1.82, 2.24) is 19.5 Å². The summed E-state index contributed by atoms with van der Waals surface area (Å²) in [4.78, 5) is 46.3. The van der Waals surface area contributed by atoms with Gasteiger partial charge in [-0.3, -0.25) is 28.0 Å². The number of imidazole rings is 1. The van der Waals surface area contributed by atoms with Crippen molar-refractivity contribution >= 4 is 32.8 Å². The van der Waals surface area contributed by atoms with Gasteiger partial charge in [0.2, 0.25) is 5.95 Å². The molecule has 2 aromatic rings. The maximum atomic E-state index is 12.2. The Labute approximate surface area is 223 Å². The first-order chi connectivity index (χ1) is 18.6. The van der Waals surface area contributed by atoms with Crippen molar-refractivity contribution < 1.29 is 67.3 Å². The Morgan fingerprint density at radius 2 is 1.75 bits per heavy atom. The van der Waals surface area contributed by atoms with Gasteiger partial charge in [-0.25, -0.2) is 9.29 Å². The summed E-state index contributed by atoms with van der Waals surface area (Å²) in [5.41, 5.74) is 4.50. The molecular formula is C18H23N5O15P2-2. The molecule has 2 fully saturated rings. The van der Waals surface area contributed by atoms with Crippen LogP contribution in [0.3, 0.4) is 0 Å². The molecule has 0 spiro atoms. The van der Waals surface area contributed by atoms with Crippen LogP contribution in [0.2, 0.25) is 0 Å². The lowest BCUT2D eigenvalue weighted by Crippen LogP contribution is -2.58. The van der Waals surface area contributed by atoms with Crippen LogP contribution in [0.15, 0.2) is 11.1 Å². The molecule has 0 bridgehead atoms. The number of anilines is 1. The lowest BCUT2D eigenvalue weighted by molar-refractivity contribution is -0.301. The van der Waals surface area contributed by atoms with Crippen LogP contribution in [-0.2, 0) is 32.0 Å². The van der Waals surface area contributed by atoms with Crippen LogP contribution in [0.5, 0.6) is 0 Å². The molecule has 2 saturated heterocycles. The highest BCUT2D eigenvalue weighted by molar-refractivity contribution is 7.59. The van der Waals surface area contributed by atoms with E-state index in [1.54, 1.807) is 0 Å². The summed E-state index contributed by atoms with van der Waals surface area (Å²) in [7, 11) is -11.7. The average molecular weight is 611 g/mol. The Kier molecular flexibility index (Phi) is 8.83. The number of rotatable bonds is 9. The molecule has 8 N–H and O–H groups in total. The molecule has 40 heavy (non-hydrogen) atoms. The van der Waals surface area contributed by atoms with E-state index in [4.69, 9.17) is 21.6 Å². The van der Waals surface area contributed by atoms with E-state index in [2.05, 4.69) is 34.2 Å². The average Bonchev–Trinajstić information content (AvgIpc) is 3.39. The zero-order valence-corrected chi connectivity index (χ0v) is 21.7. The van der Waals surface area contributed by atoms with Gasteiger partial charge in [-0.15, -0.1) is 12.3 Å². The smallest absolute Gasteiger partial charge is 0.280 e. The lowest BCUT2D eigenvalue weighted by Gasteiger charge is -2.42. The molecule has 2 aliphatic heterocycles. The van der Waals surface area contributed by atoms with Crippen LogP contribution >= 0.6 is 15.6 Å². The van der Waals surface area contributed by atoms with Crippen LogP contribution in [0.1, 0.15) is 12.6 Å². The minimum absolute atomic E-state index is 0.129. The molecule has 0 aromatic carbocycles. The number of aliphatic hydroxyl groups excluding tert-OH is 5. The molecule has 222 valence electrons. The van der Waals surface area contributed by atoms with E-state index in [9.17, 15) is 49.2 Å². The first-order valence-electron chi connectivity index (χ1n) is 11.2. The van der Waals surface area contributed by atoms with Crippen molar-refractivity contribution in [3.63, 3.8) is 0 Å². The standard InChI is InChI=1S/C18H25N5O15P2/c1-2-3-6-9(24)11(26)13(28)17(36-6)37-40(32,33)38-39(30,31)34-4-7-10(25)12(27)16(35-7)23-5-20-8-14(23)21-18(19)22-15(8)29/h1,5-7,9-13,16-17,24-28H,3-4H2,(H,30,31)(H,32,33)(H3,19,21,22,29)/p-2. The SMILES string of the molecule is C#CCC1OC(OP(=O)([O-])OP(=O)([O-])OCC2OC(n3cnc4c(=O)[nH]c(N)nc43)C(O)C2O)C(O)C(O)C1O. The summed E-state index contributed by atoms with van der Waals surface area (Å²) in [6.07, 6.45) is -10.1. The van der Waals surface area contributed by atoms with Crippen LogP contribution in [0, 0.1) is 12.3 Å². The number of hydrogen-bond donors (Lipinski definition) is 7. The molecule has 0 amide bonds. The van der Waals surface area contributed by atoms with Gasteiger partial charge in [0.05, 0.1) is 12.9 Å². The number of nitrogens with two attached hydrogens (primary N) is 1. The number of phosphoric acid groups is 2. The van der Waals surface area contributed by atoms with E-state index in [0.717, 1.165) is 10.9 Å². The maximum absolute atomic E-state index is 12.2. The van der Waals surface area contributed by atoms with Gasteiger partial charge in [-0.1, -0.05) is 0 Å². The van der Waals surface area contributed by atoms with Crippen molar-refractivity contribution in [3.8, 4) is 12.3 Å². The second-order valence-corrected chi connectivity index (χ2v) is 11.5. The van der Waals surface area contributed by atoms with Crippen molar-refractivity contribution in [2.45, 2.75) is 61.7 Å². The number of ether oxygens (including phenoxy) is 2. The molecule has 2 aliphatic rings. The topological polar surface area (TPSA) is 317 Å². The summed E-state index contributed by atoms with van der Waals surface area (Å²) in [6.45, 7) is -1.07. The molecule has 11 atom stereocenters. The van der Waals surface area contributed by atoms with Crippen molar-refractivity contribution in [1.29, 1.82) is 0 Å². The van der Waals surface area contributed by atoms with Gasteiger partial charge < -0.3 is 55.1 Å². The number of fused-ring (bicyclic) bond motifs is 1. The van der Waals surface area contributed by atoms with E-state index >= 15 is 0 Å². The zero-order chi connectivity index (χ0) is 29.6. The number of nitrogen functional groups attached to an aromatic ring is 1. The monoisotopic (exact) mass is 611 g/mol. The second-order valence-electron chi connectivity index (χ2n) is 8.62. The van der Waals surface area contributed by atoms with Crippen LogP contribution in [0.25, 0.3) is 11.2 Å². The second kappa shape index (κ2) is 11.5. The molecule has 11 unspecified atom stereocenters. The molecule has 0 radical (unpaired) electrons. The molecular weight excluding hydrogens is 588 g/mol. The fraction of sp³-hybridized carbons (Fsp3) is 0.611. The predicted molar refractivity (Wildman–Crippen MR) is 122 cm³/mol. The van der Waals surface area contributed by atoms with Gasteiger partial charge in [0.1, 0.15) is 42.7 Å². The maximum Gasteiger partial charge on any atom is 0.280 e. The number of terminal acetylenes is 1. The van der Waals surface area contributed by atoms with E-state index < -0.39 is 83.1 Å². The number of nitrogens with one attached hydrogen (secondary N) is 1. The molecule has 4 heterocycles. The molecule has 4 rings (SSSR count). The number of aliphatic hydroxyl groups is 5. The number of aromatic amines is 1. The third-order valence-corrected chi connectivity index (χ3v) is 8.41. The zero-order valence-electron chi connectivity index (χ0n) is 19.9. The Balaban J connectivity index is 1.39. The van der Waals surface area contributed by atoms with Crippen LogP contribution < -0.4 is 21.1 Å². The third-order valence-electron chi connectivity index (χ3n) is 5.88. The van der Waals surface area contributed by atoms with Gasteiger partial charge in [-0.05, 0) is 0 Å². The quantitative estimate of drug-likeness (QED) is 0.103. The van der Waals surface area contributed by atoms with Gasteiger partial charge in [-0.2, -0.15) is 4.98 Å². The summed E-state index contributed by atoms with van der Waals surface area (Å²) >= 11 is 0. The van der Waals surface area contributed by atoms with E-state index in [1.807, 2.05) is 0 Å². The number of hydrogen-bond acceptors (Lipinski definition) is 18. The summed E-state index contributed by atoms with van der Waals surface area (Å²) in [6, 6.07) is 0. The van der Waals surface area contributed by atoms with Crippen molar-refractivity contribution in [3.05, 3.63) is 16.7 Å². The van der Waals surface area contributed by atoms with E-state index in [1.165, 1.54) is 0 Å². The highest BCUT2D eigenvalue weighted by Gasteiger charge is 2.47. The highest BCUT2D eigenvalue weighted by Crippen LogP contribution is 2.57. The van der Waals surface area contributed by atoms with Crippen molar-refractivity contribution in [2.24, 2.45) is 0 Å². The Bertz CT molecular complexity index is 1430. The number of aromatic nitrogens is 4. The normalized spacial score (nSPS) is 35.7. The van der Waals surface area contributed by atoms with Gasteiger partial charge >= 0.3 is 0 Å². The minimum atomic E-state index is -5.89. The van der Waals surface area contributed by atoms with Gasteiger partial charge in [0, 0.05) is 6.42 Å². The van der Waals surface area contributed by atoms with Crippen LogP contribution in [0.4, 0.5) is 5.95 Å². The summed E-state index contributed by atoms with van der Waals surface area (Å²) < 4.78 is 48.7. The molecule has 2 aromatic heterocycles. The summed E-state index contributed by atoms with van der Waals surface area (Å²) in [5, 5.41) is 50.4. The first kappa shape index (κ1) is 30.6. The predicted octanol–water partition coefficient (Wildman–Crippen LogP) is -4.86. The molecule has 0 saturated carbocycles. The molecule has 20 nitrogen and oxygen atoms in total. The Morgan fingerprint density at radius 1 is 1.07 bits per heavy atom. The van der Waals surface area contributed by atoms with Crippen molar-refractivity contribution in [2.75, 3.05) is 12.3 Å². The summed E-state index contributed by atoms with van der Waals surface area (Å²) in [5.74, 6) is 1.81. The van der Waals surface area contributed by atoms with E-state index in [-0.39, 0.29) is 23.5 Å². The van der Waals surface area contributed by atoms with Crippen LogP contribution in [-0.4, -0.2) is 101 Å². The number of nitrogens with zero attached hydrogens (tertiary/aromatic N) is 3.